The number of hydrogen-bond acceptors (Lipinski definition) is 6. The van der Waals surface area contributed by atoms with Crippen molar-refractivity contribution in [2.24, 2.45) is 0 Å². The average molecular weight is 360 g/mol. The predicted octanol–water partition coefficient (Wildman–Crippen LogP) is 1.61. The number of ether oxygens (including phenoxy) is 3. The van der Waals surface area contributed by atoms with Crippen molar-refractivity contribution in [2.45, 2.75) is 6.54 Å². The Morgan fingerprint density at radius 3 is 2.10 bits per heavy atom. The topological polar surface area (TPSA) is 65.1 Å². The van der Waals surface area contributed by atoms with Crippen LogP contribution in [0.15, 0.2) is 22.7 Å². The molecule has 0 saturated heterocycles. The highest BCUT2D eigenvalue weighted by molar-refractivity contribution is 9.10. The summed E-state index contributed by atoms with van der Waals surface area (Å²) in [5, 5.41) is 0. The van der Waals surface area contributed by atoms with Crippen molar-refractivity contribution in [3.05, 3.63) is 28.2 Å². The summed E-state index contributed by atoms with van der Waals surface area (Å²) in [6.07, 6.45) is 0. The molecule has 6 nitrogen and oxygen atoms in total. The van der Waals surface area contributed by atoms with Crippen LogP contribution in [-0.2, 0) is 25.6 Å². The summed E-state index contributed by atoms with van der Waals surface area (Å²) < 4.78 is 15.2. The van der Waals surface area contributed by atoms with E-state index < -0.39 is 11.9 Å². The van der Waals surface area contributed by atoms with E-state index in [2.05, 4.69) is 25.4 Å². The maximum Gasteiger partial charge on any atom is 0.319 e. The first-order valence-electron chi connectivity index (χ1n) is 6.18. The molecule has 0 N–H and O–H groups in total. The molecule has 21 heavy (non-hydrogen) atoms. The van der Waals surface area contributed by atoms with Crippen molar-refractivity contribution in [1.82, 2.24) is 4.90 Å². The number of esters is 2. The van der Waals surface area contributed by atoms with Gasteiger partial charge in [0.15, 0.2) is 0 Å². The van der Waals surface area contributed by atoms with Crippen LogP contribution in [0.4, 0.5) is 0 Å². The molecule has 0 spiro atoms. The van der Waals surface area contributed by atoms with Crippen LogP contribution >= 0.6 is 15.9 Å². The van der Waals surface area contributed by atoms with E-state index in [0.717, 1.165) is 10.0 Å². The molecule has 0 bridgehead atoms. The lowest BCUT2D eigenvalue weighted by atomic mass is 10.2. The normalized spacial score (nSPS) is 10.3. The summed E-state index contributed by atoms with van der Waals surface area (Å²) in [5.41, 5.74) is 0.926. The van der Waals surface area contributed by atoms with Crippen LogP contribution < -0.4 is 4.74 Å². The predicted molar refractivity (Wildman–Crippen MR) is 80.0 cm³/mol. The van der Waals surface area contributed by atoms with Crippen LogP contribution in [0.3, 0.4) is 0 Å². The van der Waals surface area contributed by atoms with Gasteiger partial charge in [-0.3, -0.25) is 14.5 Å². The minimum atomic E-state index is -0.411. The van der Waals surface area contributed by atoms with Gasteiger partial charge in [-0.1, -0.05) is 6.07 Å². The molecule has 116 valence electrons. The van der Waals surface area contributed by atoms with E-state index >= 15 is 0 Å². The molecule has 0 fully saturated rings. The number of halogens is 1. The Morgan fingerprint density at radius 1 is 1.10 bits per heavy atom. The van der Waals surface area contributed by atoms with Crippen LogP contribution in [0.25, 0.3) is 0 Å². The van der Waals surface area contributed by atoms with Crippen LogP contribution in [-0.4, -0.2) is 51.3 Å². The zero-order chi connectivity index (χ0) is 15.8. The molecule has 0 aromatic heterocycles. The van der Waals surface area contributed by atoms with Gasteiger partial charge in [0.25, 0.3) is 0 Å². The Hall–Kier alpha value is -1.60. The number of rotatable bonds is 7. The van der Waals surface area contributed by atoms with Crippen molar-refractivity contribution < 1.29 is 23.8 Å². The Balaban J connectivity index is 2.81. The third-order valence-electron chi connectivity index (χ3n) is 2.78. The molecule has 0 aliphatic rings. The van der Waals surface area contributed by atoms with E-state index in [0.29, 0.717) is 12.3 Å². The third kappa shape index (κ3) is 5.73. The van der Waals surface area contributed by atoms with E-state index in [1.807, 2.05) is 18.2 Å². The van der Waals surface area contributed by atoms with Gasteiger partial charge in [-0.15, -0.1) is 0 Å². The minimum Gasteiger partial charge on any atom is -0.496 e. The summed E-state index contributed by atoms with van der Waals surface area (Å²) in [4.78, 5) is 24.5. The Bertz CT molecular complexity index is 488. The van der Waals surface area contributed by atoms with E-state index in [4.69, 9.17) is 4.74 Å². The van der Waals surface area contributed by atoms with E-state index in [1.165, 1.54) is 14.2 Å². The summed E-state index contributed by atoms with van der Waals surface area (Å²) in [5.74, 6) is -0.107. The van der Waals surface area contributed by atoms with Crippen molar-refractivity contribution in [2.75, 3.05) is 34.4 Å². The van der Waals surface area contributed by atoms with E-state index in [9.17, 15) is 9.59 Å². The summed E-state index contributed by atoms with van der Waals surface area (Å²) >= 11 is 3.40. The van der Waals surface area contributed by atoms with Crippen molar-refractivity contribution in [3.8, 4) is 5.75 Å². The standard InChI is InChI=1S/C14H18BrNO5/c1-19-12-5-4-10(6-11(12)15)7-16(8-13(17)20-2)9-14(18)21-3/h4-6H,7-9H2,1-3H3. The van der Waals surface area contributed by atoms with Crippen molar-refractivity contribution in [3.63, 3.8) is 0 Å². The lowest BCUT2D eigenvalue weighted by Gasteiger charge is -2.20. The second-order valence-electron chi connectivity index (χ2n) is 4.27. The summed E-state index contributed by atoms with van der Waals surface area (Å²) in [6.45, 7) is 0.428. The maximum atomic E-state index is 11.4. The minimum absolute atomic E-state index is 0.00917. The molecular weight excluding hydrogens is 342 g/mol. The molecular formula is C14H18BrNO5. The van der Waals surface area contributed by atoms with Crippen LogP contribution in [0.2, 0.25) is 0 Å². The highest BCUT2D eigenvalue weighted by Crippen LogP contribution is 2.26. The molecule has 0 unspecified atom stereocenters. The Morgan fingerprint density at radius 2 is 1.67 bits per heavy atom. The van der Waals surface area contributed by atoms with Crippen LogP contribution in [0.1, 0.15) is 5.56 Å². The molecule has 7 heteroatoms. The maximum absolute atomic E-state index is 11.4. The van der Waals surface area contributed by atoms with Gasteiger partial charge in [0, 0.05) is 6.54 Å². The number of carbonyl (C=O) groups is 2. The summed E-state index contributed by atoms with van der Waals surface area (Å²) in [7, 11) is 4.20. The van der Waals surface area contributed by atoms with Gasteiger partial charge in [0.2, 0.25) is 0 Å². The van der Waals surface area contributed by atoms with Crippen LogP contribution in [0.5, 0.6) is 5.75 Å². The van der Waals surface area contributed by atoms with Gasteiger partial charge < -0.3 is 14.2 Å². The molecule has 0 radical (unpaired) electrons. The molecule has 0 heterocycles. The molecule has 0 aliphatic carbocycles. The van der Waals surface area contributed by atoms with E-state index in [-0.39, 0.29) is 13.1 Å². The molecule has 1 aromatic rings. The highest BCUT2D eigenvalue weighted by Gasteiger charge is 2.16. The smallest absolute Gasteiger partial charge is 0.319 e. The number of carbonyl (C=O) groups excluding carboxylic acids is 2. The van der Waals surface area contributed by atoms with Crippen molar-refractivity contribution in [1.29, 1.82) is 0 Å². The first-order valence-corrected chi connectivity index (χ1v) is 6.97. The Labute approximate surface area is 132 Å². The fraction of sp³-hybridized carbons (Fsp3) is 0.429. The fourth-order valence-corrected chi connectivity index (χ4v) is 2.32. The van der Waals surface area contributed by atoms with Crippen molar-refractivity contribution >= 4 is 27.9 Å². The van der Waals surface area contributed by atoms with Gasteiger partial charge in [-0.25, -0.2) is 0 Å². The zero-order valence-electron chi connectivity index (χ0n) is 12.2. The number of benzene rings is 1. The van der Waals surface area contributed by atoms with Crippen LogP contribution in [0, 0.1) is 0 Å². The van der Waals surface area contributed by atoms with Gasteiger partial charge in [-0.2, -0.15) is 0 Å². The third-order valence-corrected chi connectivity index (χ3v) is 3.40. The van der Waals surface area contributed by atoms with Gasteiger partial charge in [0.05, 0.1) is 38.9 Å². The average Bonchev–Trinajstić information content (AvgIpc) is 2.47. The lowest BCUT2D eigenvalue weighted by molar-refractivity contribution is -0.145. The van der Waals surface area contributed by atoms with Gasteiger partial charge >= 0.3 is 11.9 Å². The molecule has 1 aromatic carbocycles. The zero-order valence-corrected chi connectivity index (χ0v) is 13.8. The largest absolute Gasteiger partial charge is 0.496 e. The molecule has 0 saturated carbocycles. The summed E-state index contributed by atoms with van der Waals surface area (Å²) in [6, 6.07) is 5.55. The second-order valence-corrected chi connectivity index (χ2v) is 5.12. The molecule has 0 atom stereocenters. The molecule has 1 rings (SSSR count). The first kappa shape index (κ1) is 17.5. The van der Waals surface area contributed by atoms with E-state index in [1.54, 1.807) is 12.0 Å². The number of nitrogens with zero attached hydrogens (tertiary/aromatic N) is 1. The molecule has 0 aliphatic heterocycles. The monoisotopic (exact) mass is 359 g/mol. The number of methoxy groups -OCH3 is 3. The Kier molecular flexibility index (Phi) is 7.18. The number of hydrogen-bond donors (Lipinski definition) is 0. The van der Waals surface area contributed by atoms with Gasteiger partial charge in [0.1, 0.15) is 5.75 Å². The SMILES string of the molecule is COC(=O)CN(CC(=O)OC)Cc1ccc(OC)c(Br)c1. The fourth-order valence-electron chi connectivity index (χ4n) is 1.73. The first-order chi connectivity index (χ1) is 9.99. The highest BCUT2D eigenvalue weighted by atomic mass is 79.9. The molecule has 0 amide bonds. The lowest BCUT2D eigenvalue weighted by Crippen LogP contribution is -2.35. The second kappa shape index (κ2) is 8.63. The van der Waals surface area contributed by atoms with Gasteiger partial charge in [-0.05, 0) is 33.6 Å². The quantitative estimate of drug-likeness (QED) is 0.689.